The second-order valence-electron chi connectivity index (χ2n) is 10.4. The molecule has 0 spiro atoms. The van der Waals surface area contributed by atoms with Crippen molar-refractivity contribution in [2.24, 2.45) is 11.8 Å². The molecule has 2 aliphatic carbocycles. The maximum Gasteiger partial charge on any atom is 0.439 e. The predicted octanol–water partition coefficient (Wildman–Crippen LogP) is 1.86. The topological polar surface area (TPSA) is 175 Å². The summed E-state index contributed by atoms with van der Waals surface area (Å²) in [5.41, 5.74) is 1.37. The second-order valence-corrected chi connectivity index (χ2v) is 10.4. The van der Waals surface area contributed by atoms with Crippen LogP contribution < -0.4 is 26.2 Å². The number of para-hydroxylation sites is 2. The Morgan fingerprint density at radius 1 is 0.854 bits per heavy atom. The van der Waals surface area contributed by atoms with Crippen LogP contribution in [0, 0.1) is 11.8 Å². The van der Waals surface area contributed by atoms with E-state index in [1.54, 1.807) is 42.5 Å². The van der Waals surface area contributed by atoms with Crippen LogP contribution in [0.5, 0.6) is 0 Å². The van der Waals surface area contributed by atoms with Crippen molar-refractivity contribution in [3.05, 3.63) is 59.1 Å². The number of aromatic amines is 1. The van der Waals surface area contributed by atoms with Gasteiger partial charge in [0.1, 0.15) is 0 Å². The summed E-state index contributed by atoms with van der Waals surface area (Å²) in [6.45, 7) is -0.508. The molecule has 3 aromatic rings. The summed E-state index contributed by atoms with van der Waals surface area (Å²) >= 11 is 0. The van der Waals surface area contributed by atoms with Crippen LogP contribution in [0.2, 0.25) is 0 Å². The number of carbonyl (C=O) groups excluding carboxylic acids is 5. The van der Waals surface area contributed by atoms with Crippen LogP contribution in [0.25, 0.3) is 11.4 Å². The quantitative estimate of drug-likeness (QED) is 0.334. The number of hydrogen-bond acceptors (Lipinski definition) is 8. The van der Waals surface area contributed by atoms with Gasteiger partial charge in [-0.2, -0.15) is 0 Å². The fourth-order valence-electron chi connectivity index (χ4n) is 4.80. The number of H-pyrrole nitrogens is 1. The van der Waals surface area contributed by atoms with Gasteiger partial charge >= 0.3 is 11.8 Å². The summed E-state index contributed by atoms with van der Waals surface area (Å²) < 4.78 is 4.52. The third-order valence-electron chi connectivity index (χ3n) is 7.29. The summed E-state index contributed by atoms with van der Waals surface area (Å²) in [7, 11) is 0. The Hall–Kier alpha value is -5.07. The Labute approximate surface area is 232 Å². The number of hydrogen-bond donors (Lipinski definition) is 3. The number of nitrogens with zero attached hydrogens (tertiary/aromatic N) is 3. The number of ketones is 2. The zero-order chi connectivity index (χ0) is 28.7. The summed E-state index contributed by atoms with van der Waals surface area (Å²) in [6, 6.07) is 10.4. The number of anilines is 3. The van der Waals surface area contributed by atoms with Crippen molar-refractivity contribution in [2.75, 3.05) is 28.2 Å². The number of aromatic nitrogens is 2. The smallest absolute Gasteiger partial charge is 0.318 e. The summed E-state index contributed by atoms with van der Waals surface area (Å²) in [5.74, 6) is -2.67. The first kappa shape index (κ1) is 26.2. The maximum atomic E-state index is 13.9. The van der Waals surface area contributed by atoms with Crippen molar-refractivity contribution in [3.63, 3.8) is 0 Å². The molecule has 1 aliphatic heterocycles. The van der Waals surface area contributed by atoms with E-state index in [0.717, 1.165) is 25.7 Å². The minimum atomic E-state index is -1.70. The number of carbonyl (C=O) groups is 5. The van der Waals surface area contributed by atoms with Crippen molar-refractivity contribution in [3.8, 4) is 11.4 Å². The molecule has 2 fully saturated rings. The van der Waals surface area contributed by atoms with Crippen LogP contribution in [0.15, 0.2) is 57.8 Å². The Bertz CT molecular complexity index is 1550. The molecule has 2 aromatic carbocycles. The molecular formula is C28H26N6O7. The summed E-state index contributed by atoms with van der Waals surface area (Å²) in [5, 5.41) is 8.66. The van der Waals surface area contributed by atoms with Gasteiger partial charge in [-0.1, -0.05) is 29.4 Å². The Balaban J connectivity index is 1.29. The summed E-state index contributed by atoms with van der Waals surface area (Å²) in [6.07, 6.45) is 2.98. The zero-order valence-corrected chi connectivity index (χ0v) is 21.8. The lowest BCUT2D eigenvalue weighted by Gasteiger charge is -2.24. The van der Waals surface area contributed by atoms with E-state index < -0.39 is 29.6 Å². The van der Waals surface area contributed by atoms with Crippen molar-refractivity contribution in [1.29, 1.82) is 0 Å². The number of Topliss-reactive ketones (excluding diaryl/α,β-unsaturated/α-hetero) is 2. The van der Waals surface area contributed by atoms with Crippen LogP contribution in [0.1, 0.15) is 25.7 Å². The third kappa shape index (κ3) is 5.51. The van der Waals surface area contributed by atoms with Crippen molar-refractivity contribution in [1.82, 2.24) is 15.5 Å². The molecule has 2 heterocycles. The van der Waals surface area contributed by atoms with E-state index in [-0.39, 0.29) is 48.0 Å². The van der Waals surface area contributed by atoms with E-state index in [9.17, 15) is 28.8 Å². The molecule has 1 aromatic heterocycles. The van der Waals surface area contributed by atoms with E-state index in [1.807, 2.05) is 0 Å². The van der Waals surface area contributed by atoms with Crippen LogP contribution in [0.3, 0.4) is 0 Å². The number of urea groups is 1. The van der Waals surface area contributed by atoms with Crippen LogP contribution in [-0.2, 0) is 19.2 Å². The van der Waals surface area contributed by atoms with Crippen molar-refractivity contribution in [2.45, 2.75) is 31.7 Å². The molecular weight excluding hydrogens is 532 g/mol. The lowest BCUT2D eigenvalue weighted by Crippen LogP contribution is -2.57. The molecule has 0 atom stereocenters. The van der Waals surface area contributed by atoms with Gasteiger partial charge in [-0.25, -0.2) is 9.59 Å². The molecule has 41 heavy (non-hydrogen) atoms. The highest BCUT2D eigenvalue weighted by molar-refractivity contribution is 6.23. The molecule has 3 aliphatic rings. The molecule has 0 saturated heterocycles. The maximum absolute atomic E-state index is 13.9. The first-order chi connectivity index (χ1) is 19.8. The van der Waals surface area contributed by atoms with Gasteiger partial charge in [0.2, 0.25) is 0 Å². The van der Waals surface area contributed by atoms with Crippen LogP contribution >= 0.6 is 0 Å². The molecule has 3 N–H and O–H groups in total. The number of nitrogens with one attached hydrogen (secondary N) is 3. The van der Waals surface area contributed by atoms with Gasteiger partial charge in [0.25, 0.3) is 11.8 Å². The third-order valence-corrected chi connectivity index (χ3v) is 7.29. The van der Waals surface area contributed by atoms with Gasteiger partial charge in [0.15, 0.2) is 23.4 Å². The van der Waals surface area contributed by atoms with Gasteiger partial charge in [-0.05, 0) is 49.9 Å². The van der Waals surface area contributed by atoms with Gasteiger partial charge in [-0.15, -0.1) is 0 Å². The standard InChI is InChI=1S/C28H26N6O7/c35-21(15-8-9-15)13-33-19-6-1-2-7-20(19)34(14-22(36)16-10-11-16)26(38)23(25(33)37)30-27(39)29-18-5-3-4-17(12-18)24-31-28(40)41-32-24/h1-7,12,15-16,23H,8-11,13-14H2,(H2,29,30,39)(H,31,32,40). The van der Waals surface area contributed by atoms with Gasteiger partial charge in [0, 0.05) is 23.1 Å². The van der Waals surface area contributed by atoms with E-state index >= 15 is 0 Å². The fourth-order valence-corrected chi connectivity index (χ4v) is 4.80. The largest absolute Gasteiger partial charge is 0.439 e. The van der Waals surface area contributed by atoms with Crippen LogP contribution in [0.4, 0.5) is 21.9 Å². The highest BCUT2D eigenvalue weighted by atomic mass is 16.5. The molecule has 0 radical (unpaired) electrons. The molecule has 13 heteroatoms. The predicted molar refractivity (Wildman–Crippen MR) is 145 cm³/mol. The van der Waals surface area contributed by atoms with Gasteiger partial charge in [-0.3, -0.25) is 28.7 Å². The van der Waals surface area contributed by atoms with Crippen molar-refractivity contribution < 1.29 is 28.5 Å². The molecule has 210 valence electrons. The lowest BCUT2D eigenvalue weighted by molar-refractivity contribution is -0.131. The fraction of sp³-hybridized carbons (Fsp3) is 0.321. The molecule has 4 amide bonds. The molecule has 2 saturated carbocycles. The van der Waals surface area contributed by atoms with E-state index in [1.165, 1.54) is 15.9 Å². The minimum Gasteiger partial charge on any atom is -0.318 e. The first-order valence-corrected chi connectivity index (χ1v) is 13.3. The number of rotatable bonds is 9. The average molecular weight is 559 g/mol. The Kier molecular flexibility index (Phi) is 6.69. The second kappa shape index (κ2) is 10.5. The molecule has 6 rings (SSSR count). The highest BCUT2D eigenvalue weighted by Gasteiger charge is 2.44. The molecule has 0 bridgehead atoms. The van der Waals surface area contributed by atoms with E-state index in [0.29, 0.717) is 16.9 Å². The average Bonchev–Trinajstić information content (AvgIpc) is 3.90. The van der Waals surface area contributed by atoms with Gasteiger partial charge < -0.3 is 20.4 Å². The van der Waals surface area contributed by atoms with E-state index in [4.69, 9.17) is 0 Å². The SMILES string of the molecule is O=C(Nc1cccc(-c2noc(=O)[nH]2)c1)NC1C(=O)N(CC(=O)C2CC2)c2ccccc2N(CC(=O)C2CC2)C1=O. The number of benzene rings is 2. The molecule has 13 nitrogen and oxygen atoms in total. The normalized spacial score (nSPS) is 17.2. The Morgan fingerprint density at radius 3 is 1.95 bits per heavy atom. The van der Waals surface area contributed by atoms with Crippen LogP contribution in [-0.4, -0.2) is 58.7 Å². The Morgan fingerprint density at radius 2 is 1.44 bits per heavy atom. The minimum absolute atomic E-state index is 0.131. The summed E-state index contributed by atoms with van der Waals surface area (Å²) in [4.78, 5) is 82.6. The van der Waals surface area contributed by atoms with Crippen molar-refractivity contribution >= 4 is 46.5 Å². The van der Waals surface area contributed by atoms with Gasteiger partial charge in [0.05, 0.1) is 24.5 Å². The zero-order valence-electron chi connectivity index (χ0n) is 21.8. The molecule has 0 unspecified atom stereocenters. The van der Waals surface area contributed by atoms with E-state index in [2.05, 4.69) is 25.3 Å². The number of fused-ring (bicyclic) bond motifs is 1. The lowest BCUT2D eigenvalue weighted by atomic mass is 10.1. The first-order valence-electron chi connectivity index (χ1n) is 13.3. The number of amides is 4. The highest BCUT2D eigenvalue weighted by Crippen LogP contribution is 2.37. The monoisotopic (exact) mass is 558 g/mol.